The summed E-state index contributed by atoms with van der Waals surface area (Å²) in [4.78, 5) is 10.5. The number of anilines is 1. The zero-order valence-corrected chi connectivity index (χ0v) is 12.1. The molecule has 0 bridgehead atoms. The predicted molar refractivity (Wildman–Crippen MR) is 81.1 cm³/mol. The van der Waals surface area contributed by atoms with Crippen LogP contribution < -0.4 is 4.90 Å². The number of hydrogen-bond acceptors (Lipinski definition) is 6. The van der Waals surface area contributed by atoms with Crippen LogP contribution in [0.25, 0.3) is 22.8 Å². The highest BCUT2D eigenvalue weighted by molar-refractivity contribution is 5.60. The smallest absolute Gasteiger partial charge is 0.259 e. The Bertz CT molecular complexity index is 828. The molecule has 3 aromatic rings. The maximum absolute atomic E-state index is 13.7. The highest BCUT2D eigenvalue weighted by Gasteiger charge is 2.25. The standard InChI is InChI=1S/C16H13FN4O2/c17-13-4-2-1-3-12(13)15-19-16(23-20-15)10-5-6-14(18-7-10)21-8-11(22)9-21/h1-7,11,22H,8-9H2. The van der Waals surface area contributed by atoms with Crippen LogP contribution in [0.15, 0.2) is 47.1 Å². The highest BCUT2D eigenvalue weighted by atomic mass is 19.1. The third-order valence-corrected chi connectivity index (χ3v) is 3.72. The summed E-state index contributed by atoms with van der Waals surface area (Å²) in [5, 5.41) is 13.1. The van der Waals surface area contributed by atoms with Crippen molar-refractivity contribution < 1.29 is 14.0 Å². The zero-order chi connectivity index (χ0) is 15.8. The quantitative estimate of drug-likeness (QED) is 0.798. The molecule has 1 saturated heterocycles. The summed E-state index contributed by atoms with van der Waals surface area (Å²) in [6.45, 7) is 1.18. The lowest BCUT2D eigenvalue weighted by Gasteiger charge is -2.36. The van der Waals surface area contributed by atoms with E-state index in [4.69, 9.17) is 4.52 Å². The van der Waals surface area contributed by atoms with Gasteiger partial charge in [-0.25, -0.2) is 9.37 Å². The second kappa shape index (κ2) is 5.44. The van der Waals surface area contributed by atoms with Crippen molar-refractivity contribution in [2.24, 2.45) is 0 Å². The van der Waals surface area contributed by atoms with Crippen molar-refractivity contribution in [3.63, 3.8) is 0 Å². The highest BCUT2D eigenvalue weighted by Crippen LogP contribution is 2.25. The van der Waals surface area contributed by atoms with Crippen molar-refractivity contribution in [2.75, 3.05) is 18.0 Å². The summed E-state index contributed by atoms with van der Waals surface area (Å²) >= 11 is 0. The molecule has 1 fully saturated rings. The Morgan fingerprint density at radius 3 is 2.70 bits per heavy atom. The topological polar surface area (TPSA) is 75.3 Å². The summed E-state index contributed by atoms with van der Waals surface area (Å²) in [5.41, 5.74) is 0.951. The normalized spacial score (nSPS) is 14.8. The minimum absolute atomic E-state index is 0.202. The van der Waals surface area contributed by atoms with Gasteiger partial charge in [0.2, 0.25) is 5.82 Å². The van der Waals surface area contributed by atoms with Crippen molar-refractivity contribution in [1.29, 1.82) is 0 Å². The van der Waals surface area contributed by atoms with Crippen molar-refractivity contribution in [3.8, 4) is 22.8 Å². The molecule has 2 aromatic heterocycles. The second-order valence-corrected chi connectivity index (χ2v) is 5.37. The molecule has 1 aliphatic heterocycles. The lowest BCUT2D eigenvalue weighted by molar-refractivity contribution is 0.141. The van der Waals surface area contributed by atoms with Crippen LogP contribution in [-0.2, 0) is 0 Å². The van der Waals surface area contributed by atoms with E-state index in [-0.39, 0.29) is 17.8 Å². The molecule has 1 N–H and O–H groups in total. The number of nitrogens with zero attached hydrogens (tertiary/aromatic N) is 4. The van der Waals surface area contributed by atoms with Gasteiger partial charge >= 0.3 is 0 Å². The molecular weight excluding hydrogens is 299 g/mol. The molecule has 7 heteroatoms. The van der Waals surface area contributed by atoms with Gasteiger partial charge in [-0.1, -0.05) is 17.3 Å². The molecule has 0 atom stereocenters. The van der Waals surface area contributed by atoms with E-state index in [0.717, 1.165) is 5.82 Å². The summed E-state index contributed by atoms with van der Waals surface area (Å²) < 4.78 is 18.9. The number of halogens is 1. The fourth-order valence-corrected chi connectivity index (χ4v) is 2.43. The number of aliphatic hydroxyl groups is 1. The molecule has 1 aromatic carbocycles. The first kappa shape index (κ1) is 13.8. The van der Waals surface area contributed by atoms with Crippen molar-refractivity contribution in [2.45, 2.75) is 6.10 Å². The van der Waals surface area contributed by atoms with Gasteiger partial charge in [0.25, 0.3) is 5.89 Å². The van der Waals surface area contributed by atoms with E-state index in [9.17, 15) is 9.50 Å². The van der Waals surface area contributed by atoms with Crippen molar-refractivity contribution in [1.82, 2.24) is 15.1 Å². The largest absolute Gasteiger partial charge is 0.389 e. The minimum atomic E-state index is -0.398. The van der Waals surface area contributed by atoms with Crippen LogP contribution >= 0.6 is 0 Å². The van der Waals surface area contributed by atoms with E-state index in [2.05, 4.69) is 15.1 Å². The van der Waals surface area contributed by atoms with Gasteiger partial charge in [-0.15, -0.1) is 0 Å². The number of hydrogen-bond donors (Lipinski definition) is 1. The second-order valence-electron chi connectivity index (χ2n) is 5.37. The molecule has 0 aliphatic carbocycles. The van der Waals surface area contributed by atoms with Crippen LogP contribution in [0, 0.1) is 5.82 Å². The molecule has 116 valence electrons. The van der Waals surface area contributed by atoms with Crippen molar-refractivity contribution in [3.05, 3.63) is 48.4 Å². The molecule has 0 radical (unpaired) electrons. The predicted octanol–water partition coefficient (Wildman–Crippen LogP) is 2.12. The van der Waals surface area contributed by atoms with Crippen LogP contribution in [0.2, 0.25) is 0 Å². The Kier molecular flexibility index (Phi) is 3.27. The molecule has 4 rings (SSSR count). The molecule has 1 aliphatic rings. The lowest BCUT2D eigenvalue weighted by atomic mass is 10.1. The van der Waals surface area contributed by atoms with E-state index in [1.807, 2.05) is 17.0 Å². The first-order valence-electron chi connectivity index (χ1n) is 7.19. The molecule has 23 heavy (non-hydrogen) atoms. The number of aliphatic hydroxyl groups excluding tert-OH is 1. The van der Waals surface area contributed by atoms with Gasteiger partial charge in [0.05, 0.1) is 17.2 Å². The molecule has 3 heterocycles. The van der Waals surface area contributed by atoms with E-state index < -0.39 is 5.82 Å². The van der Waals surface area contributed by atoms with E-state index >= 15 is 0 Å². The number of aromatic nitrogens is 3. The first-order chi connectivity index (χ1) is 11.2. The summed E-state index contributed by atoms with van der Waals surface area (Å²) in [7, 11) is 0. The Balaban J connectivity index is 1.58. The lowest BCUT2D eigenvalue weighted by Crippen LogP contribution is -2.51. The van der Waals surface area contributed by atoms with Gasteiger partial charge in [-0.2, -0.15) is 4.98 Å². The van der Waals surface area contributed by atoms with E-state index in [0.29, 0.717) is 24.2 Å². The molecule has 0 spiro atoms. The van der Waals surface area contributed by atoms with Crippen LogP contribution in [0.1, 0.15) is 0 Å². The Morgan fingerprint density at radius 1 is 1.17 bits per heavy atom. The zero-order valence-electron chi connectivity index (χ0n) is 12.1. The Morgan fingerprint density at radius 2 is 2.00 bits per heavy atom. The molecular formula is C16H13FN4O2. The minimum Gasteiger partial charge on any atom is -0.389 e. The third kappa shape index (κ3) is 2.55. The Hall–Kier alpha value is -2.80. The first-order valence-corrected chi connectivity index (χ1v) is 7.19. The maximum atomic E-state index is 13.7. The Labute approximate surface area is 131 Å². The summed E-state index contributed by atoms with van der Waals surface area (Å²) in [5.74, 6) is 0.872. The molecule has 0 unspecified atom stereocenters. The van der Waals surface area contributed by atoms with Crippen LogP contribution in [0.5, 0.6) is 0 Å². The average molecular weight is 312 g/mol. The molecule has 0 saturated carbocycles. The van der Waals surface area contributed by atoms with Gasteiger partial charge in [0.1, 0.15) is 11.6 Å². The SMILES string of the molecule is OC1CN(c2ccc(-c3nc(-c4ccccc4F)no3)cn2)C1. The third-order valence-electron chi connectivity index (χ3n) is 3.72. The van der Waals surface area contributed by atoms with Gasteiger partial charge in [-0.3, -0.25) is 0 Å². The maximum Gasteiger partial charge on any atom is 0.259 e. The number of β-amino-alcohol motifs (C(OH)–C–C–N with tert-alkyl or cyclic N) is 1. The van der Waals surface area contributed by atoms with Crippen molar-refractivity contribution >= 4 is 5.82 Å². The molecule has 6 nitrogen and oxygen atoms in total. The van der Waals surface area contributed by atoms with Crippen LogP contribution in [0.4, 0.5) is 10.2 Å². The van der Waals surface area contributed by atoms with E-state index in [1.165, 1.54) is 6.07 Å². The monoisotopic (exact) mass is 312 g/mol. The van der Waals surface area contributed by atoms with Gasteiger partial charge in [-0.05, 0) is 24.3 Å². The number of rotatable bonds is 3. The van der Waals surface area contributed by atoms with E-state index in [1.54, 1.807) is 24.4 Å². The molecule has 0 amide bonds. The number of pyridine rings is 1. The number of benzene rings is 1. The van der Waals surface area contributed by atoms with Crippen LogP contribution in [0.3, 0.4) is 0 Å². The van der Waals surface area contributed by atoms with Gasteiger partial charge in [0, 0.05) is 19.3 Å². The fraction of sp³-hybridized carbons (Fsp3) is 0.188. The van der Waals surface area contributed by atoms with Crippen LogP contribution in [-0.4, -0.2) is 39.4 Å². The van der Waals surface area contributed by atoms with Gasteiger partial charge < -0.3 is 14.5 Å². The fourth-order valence-electron chi connectivity index (χ4n) is 2.43. The average Bonchev–Trinajstić information content (AvgIpc) is 3.02. The summed E-state index contributed by atoms with van der Waals surface area (Å²) in [6.07, 6.45) is 1.34. The summed E-state index contributed by atoms with van der Waals surface area (Å²) in [6, 6.07) is 9.91. The van der Waals surface area contributed by atoms with Gasteiger partial charge in [0.15, 0.2) is 0 Å².